The summed E-state index contributed by atoms with van der Waals surface area (Å²) in [7, 11) is 0. The molecule has 0 nitrogen and oxygen atoms in total. The highest BCUT2D eigenvalue weighted by molar-refractivity contribution is 5.75. The largest absolute Gasteiger partial charge is 0.0914 e. The van der Waals surface area contributed by atoms with Gasteiger partial charge in [-0.25, -0.2) is 0 Å². The van der Waals surface area contributed by atoms with Crippen molar-refractivity contribution in [1.82, 2.24) is 0 Å². The Morgan fingerprint density at radius 3 is 2.39 bits per heavy atom. The molecule has 3 rings (SSSR count). The van der Waals surface area contributed by atoms with Crippen LogP contribution in [0.25, 0.3) is 5.57 Å². The quantitative estimate of drug-likeness (QED) is 0.536. The second-order valence-electron chi connectivity index (χ2n) is 7.29. The lowest BCUT2D eigenvalue weighted by molar-refractivity contribution is 0.150. The van der Waals surface area contributed by atoms with Crippen LogP contribution in [-0.2, 0) is 0 Å². The zero-order valence-corrected chi connectivity index (χ0v) is 14.7. The van der Waals surface area contributed by atoms with E-state index in [0.29, 0.717) is 5.41 Å². The monoisotopic (exact) mass is 306 g/mol. The van der Waals surface area contributed by atoms with Gasteiger partial charge < -0.3 is 0 Å². The molecular formula is C23H30. The van der Waals surface area contributed by atoms with Gasteiger partial charge in [0.2, 0.25) is 0 Å². The number of allylic oxidation sites excluding steroid dienone is 6. The summed E-state index contributed by atoms with van der Waals surface area (Å²) in [6.45, 7) is 4.53. The molecule has 1 aromatic carbocycles. The zero-order valence-electron chi connectivity index (χ0n) is 14.7. The molecule has 0 bridgehead atoms. The number of benzene rings is 1. The Bertz CT molecular complexity index is 582. The topological polar surface area (TPSA) is 0 Å². The lowest BCUT2D eigenvalue weighted by atomic mass is 9.62. The number of hydrogen-bond acceptors (Lipinski definition) is 0. The SMILES string of the molecule is CC=CC1CCC(C2(CC)C=CC(c3ccccc3)=CC2)CC1. The van der Waals surface area contributed by atoms with Crippen LogP contribution in [0.3, 0.4) is 0 Å². The molecule has 1 atom stereocenters. The van der Waals surface area contributed by atoms with Gasteiger partial charge in [0.25, 0.3) is 0 Å². The summed E-state index contributed by atoms with van der Waals surface area (Å²) in [5.41, 5.74) is 3.15. The Kier molecular flexibility index (Phi) is 5.20. The molecule has 122 valence electrons. The van der Waals surface area contributed by atoms with Crippen molar-refractivity contribution in [3.63, 3.8) is 0 Å². The van der Waals surface area contributed by atoms with Gasteiger partial charge in [0, 0.05) is 0 Å². The molecule has 0 radical (unpaired) electrons. The first-order valence-electron chi connectivity index (χ1n) is 9.35. The van der Waals surface area contributed by atoms with Gasteiger partial charge in [0.1, 0.15) is 0 Å². The van der Waals surface area contributed by atoms with Gasteiger partial charge in [-0.3, -0.25) is 0 Å². The van der Waals surface area contributed by atoms with Gasteiger partial charge in [-0.05, 0) is 73.8 Å². The van der Waals surface area contributed by atoms with Crippen LogP contribution in [0.15, 0.2) is 60.7 Å². The Labute approximate surface area is 142 Å². The van der Waals surface area contributed by atoms with Crippen LogP contribution >= 0.6 is 0 Å². The first kappa shape index (κ1) is 16.3. The molecule has 0 heteroatoms. The van der Waals surface area contributed by atoms with Crippen LogP contribution in [0, 0.1) is 17.3 Å². The molecule has 2 aliphatic carbocycles. The van der Waals surface area contributed by atoms with Crippen molar-refractivity contribution in [2.24, 2.45) is 17.3 Å². The van der Waals surface area contributed by atoms with Crippen molar-refractivity contribution in [3.8, 4) is 0 Å². The van der Waals surface area contributed by atoms with Crippen molar-refractivity contribution in [2.45, 2.75) is 52.4 Å². The van der Waals surface area contributed by atoms with Crippen LogP contribution in [0.4, 0.5) is 0 Å². The highest BCUT2D eigenvalue weighted by atomic mass is 14.4. The molecule has 0 amide bonds. The maximum atomic E-state index is 2.55. The average Bonchev–Trinajstić information content (AvgIpc) is 2.63. The second kappa shape index (κ2) is 7.34. The van der Waals surface area contributed by atoms with Crippen molar-refractivity contribution >= 4 is 5.57 Å². The Morgan fingerprint density at radius 2 is 1.83 bits per heavy atom. The molecule has 0 spiro atoms. The highest BCUT2D eigenvalue weighted by Gasteiger charge is 2.37. The normalized spacial score (nSPS) is 31.3. The van der Waals surface area contributed by atoms with Gasteiger partial charge >= 0.3 is 0 Å². The molecule has 1 fully saturated rings. The van der Waals surface area contributed by atoms with E-state index in [1.807, 2.05) is 0 Å². The lowest BCUT2D eigenvalue weighted by Gasteiger charge is -2.42. The van der Waals surface area contributed by atoms with E-state index < -0.39 is 0 Å². The summed E-state index contributed by atoms with van der Waals surface area (Å²) in [6, 6.07) is 10.8. The number of hydrogen-bond donors (Lipinski definition) is 0. The van der Waals surface area contributed by atoms with E-state index in [-0.39, 0.29) is 0 Å². The second-order valence-corrected chi connectivity index (χ2v) is 7.29. The maximum Gasteiger partial charge on any atom is -0.00545 e. The fourth-order valence-electron chi connectivity index (χ4n) is 4.55. The van der Waals surface area contributed by atoms with Crippen LogP contribution in [-0.4, -0.2) is 0 Å². The molecule has 23 heavy (non-hydrogen) atoms. The summed E-state index contributed by atoms with van der Waals surface area (Å²) in [5.74, 6) is 1.69. The summed E-state index contributed by atoms with van der Waals surface area (Å²) < 4.78 is 0. The summed E-state index contributed by atoms with van der Waals surface area (Å²) in [5, 5.41) is 0. The minimum Gasteiger partial charge on any atom is -0.0914 e. The Hall–Kier alpha value is -1.56. The molecule has 1 saturated carbocycles. The van der Waals surface area contributed by atoms with Gasteiger partial charge in [-0.1, -0.05) is 67.6 Å². The third-order valence-electron chi connectivity index (χ3n) is 6.11. The van der Waals surface area contributed by atoms with E-state index in [0.717, 1.165) is 11.8 Å². The van der Waals surface area contributed by atoms with Crippen molar-refractivity contribution in [1.29, 1.82) is 0 Å². The fraction of sp³-hybridized carbons (Fsp3) is 0.478. The predicted octanol–water partition coefficient (Wildman–Crippen LogP) is 6.81. The molecule has 0 heterocycles. The van der Waals surface area contributed by atoms with Crippen molar-refractivity contribution in [3.05, 3.63) is 66.3 Å². The van der Waals surface area contributed by atoms with Gasteiger partial charge in [0.05, 0.1) is 0 Å². The molecule has 0 aromatic heterocycles. The van der Waals surface area contributed by atoms with E-state index in [1.54, 1.807) is 0 Å². The van der Waals surface area contributed by atoms with Crippen molar-refractivity contribution in [2.75, 3.05) is 0 Å². The van der Waals surface area contributed by atoms with Gasteiger partial charge in [0.15, 0.2) is 0 Å². The Morgan fingerprint density at radius 1 is 1.09 bits per heavy atom. The summed E-state index contributed by atoms with van der Waals surface area (Å²) in [4.78, 5) is 0. The molecule has 0 saturated heterocycles. The number of rotatable bonds is 4. The molecule has 1 unspecified atom stereocenters. The van der Waals surface area contributed by atoms with Crippen LogP contribution in [0.2, 0.25) is 0 Å². The predicted molar refractivity (Wildman–Crippen MR) is 101 cm³/mol. The molecule has 2 aliphatic rings. The summed E-state index contributed by atoms with van der Waals surface area (Å²) in [6.07, 6.45) is 20.1. The molecule has 0 N–H and O–H groups in total. The molecule has 1 aromatic rings. The molecular weight excluding hydrogens is 276 g/mol. The molecule has 0 aliphatic heterocycles. The smallest absolute Gasteiger partial charge is 0.00545 e. The lowest BCUT2D eigenvalue weighted by Crippen LogP contribution is -2.32. The van der Waals surface area contributed by atoms with Gasteiger partial charge in [-0.15, -0.1) is 0 Å². The third-order valence-corrected chi connectivity index (χ3v) is 6.11. The van der Waals surface area contributed by atoms with E-state index in [1.165, 1.54) is 49.7 Å². The summed E-state index contributed by atoms with van der Waals surface area (Å²) >= 11 is 0. The van der Waals surface area contributed by atoms with Crippen LogP contribution < -0.4 is 0 Å². The minimum absolute atomic E-state index is 0.402. The highest BCUT2D eigenvalue weighted by Crippen LogP contribution is 2.48. The van der Waals surface area contributed by atoms with E-state index in [9.17, 15) is 0 Å². The Balaban J connectivity index is 1.70. The average molecular weight is 306 g/mol. The van der Waals surface area contributed by atoms with E-state index in [2.05, 4.69) is 74.6 Å². The first-order chi connectivity index (χ1) is 11.3. The van der Waals surface area contributed by atoms with E-state index >= 15 is 0 Å². The van der Waals surface area contributed by atoms with Crippen LogP contribution in [0.1, 0.15) is 57.9 Å². The fourth-order valence-corrected chi connectivity index (χ4v) is 4.55. The van der Waals surface area contributed by atoms with Gasteiger partial charge in [-0.2, -0.15) is 0 Å². The zero-order chi connectivity index (χ0) is 16.1. The maximum absolute atomic E-state index is 2.55. The van der Waals surface area contributed by atoms with Crippen molar-refractivity contribution < 1.29 is 0 Å². The third kappa shape index (κ3) is 3.52. The van der Waals surface area contributed by atoms with E-state index in [4.69, 9.17) is 0 Å². The first-order valence-corrected chi connectivity index (χ1v) is 9.35. The minimum atomic E-state index is 0.402. The standard InChI is InChI=1S/C23H30/c1-3-8-19-11-13-22(14-12-19)23(4-2)17-15-21(16-18-23)20-9-6-5-7-10-20/h3,5-10,15-17,19,22H,4,11-14,18H2,1-2H3. The van der Waals surface area contributed by atoms with Crippen LogP contribution in [0.5, 0.6) is 0 Å².